The quantitative estimate of drug-likeness (QED) is 0.444. The van der Waals surface area contributed by atoms with E-state index in [-0.39, 0.29) is 11.2 Å². The van der Waals surface area contributed by atoms with Gasteiger partial charge in [0.1, 0.15) is 0 Å². The Hall–Kier alpha value is -0.200. The maximum Gasteiger partial charge on any atom is 0.0685 e. The first-order chi connectivity index (χ1) is 13.5. The Morgan fingerprint density at radius 2 is 1.38 bits per heavy atom. The number of hydrogen-bond acceptors (Lipinski definition) is 5. The van der Waals surface area contributed by atoms with Gasteiger partial charge < -0.3 is 14.4 Å². The normalized spacial score (nSPS) is 24.8. The summed E-state index contributed by atoms with van der Waals surface area (Å²) in [5.41, 5.74) is -0.0268. The lowest BCUT2D eigenvalue weighted by Crippen LogP contribution is -2.54. The number of ether oxygens (including phenoxy) is 2. The van der Waals surface area contributed by atoms with Crippen LogP contribution < -0.4 is 0 Å². The number of hydrogen-bond donors (Lipinski definition) is 0. The monoisotopic (exact) mass is 412 g/mol. The summed E-state index contributed by atoms with van der Waals surface area (Å²) in [6, 6.07) is 1.39. The Morgan fingerprint density at radius 1 is 0.793 bits per heavy atom. The Kier molecular flexibility index (Phi) is 9.88. The molecule has 0 unspecified atom stereocenters. The van der Waals surface area contributed by atoms with Crippen molar-refractivity contribution in [1.82, 2.24) is 9.96 Å². The van der Waals surface area contributed by atoms with E-state index in [1.54, 1.807) is 0 Å². The minimum Gasteiger partial charge on any atom is -0.376 e. The van der Waals surface area contributed by atoms with Gasteiger partial charge in [-0.1, -0.05) is 12.8 Å². The third-order valence-electron chi connectivity index (χ3n) is 6.01. The van der Waals surface area contributed by atoms with Crippen molar-refractivity contribution >= 4 is 0 Å². The molecule has 0 N–H and O–H groups in total. The van der Waals surface area contributed by atoms with Gasteiger partial charge in [-0.25, -0.2) is 0 Å². The smallest absolute Gasteiger partial charge is 0.0685 e. The molecule has 0 spiro atoms. The summed E-state index contributed by atoms with van der Waals surface area (Å²) in [6.45, 7) is 16.7. The summed E-state index contributed by atoms with van der Waals surface area (Å²) in [6.07, 6.45) is 10.00. The van der Waals surface area contributed by atoms with Gasteiger partial charge in [-0.2, -0.15) is 5.06 Å². The zero-order chi connectivity index (χ0) is 21.5. The summed E-state index contributed by atoms with van der Waals surface area (Å²) < 4.78 is 11.9. The lowest BCUT2D eigenvalue weighted by molar-refractivity contribution is -0.180. The Morgan fingerprint density at radius 3 is 1.93 bits per heavy atom. The molecule has 1 aliphatic heterocycles. The number of rotatable bonds is 11. The van der Waals surface area contributed by atoms with E-state index in [1.165, 1.54) is 38.5 Å². The molecule has 2 aliphatic rings. The zero-order valence-corrected chi connectivity index (χ0v) is 20.3. The molecule has 1 saturated heterocycles. The number of nitrogens with zero attached hydrogens (tertiary/aromatic N) is 2. The average Bonchev–Trinajstić information content (AvgIpc) is 2.58. The molecular formula is C24H48N2O3. The van der Waals surface area contributed by atoms with Gasteiger partial charge in [0.25, 0.3) is 0 Å². The highest BCUT2D eigenvalue weighted by molar-refractivity contribution is 4.91. The molecule has 0 aromatic rings. The van der Waals surface area contributed by atoms with Crippen molar-refractivity contribution < 1.29 is 14.3 Å². The van der Waals surface area contributed by atoms with Crippen LogP contribution in [-0.2, 0) is 14.3 Å². The second-order valence-corrected chi connectivity index (χ2v) is 11.0. The van der Waals surface area contributed by atoms with Crippen LogP contribution in [0, 0.1) is 0 Å². The number of hydroxylamine groups is 2. The molecule has 172 valence electrons. The maximum absolute atomic E-state index is 6.10. The highest BCUT2D eigenvalue weighted by atomic mass is 16.7. The van der Waals surface area contributed by atoms with Crippen molar-refractivity contribution in [2.24, 2.45) is 0 Å². The third-order valence-corrected chi connectivity index (χ3v) is 6.01. The van der Waals surface area contributed by atoms with Crippen molar-refractivity contribution in [1.29, 1.82) is 0 Å². The van der Waals surface area contributed by atoms with E-state index >= 15 is 0 Å². The maximum atomic E-state index is 6.10. The second-order valence-electron chi connectivity index (χ2n) is 11.0. The highest BCUT2D eigenvalue weighted by Gasteiger charge is 2.38. The minimum atomic E-state index is -0.0168. The topological polar surface area (TPSA) is 34.2 Å². The van der Waals surface area contributed by atoms with E-state index in [9.17, 15) is 0 Å². The molecule has 0 atom stereocenters. The van der Waals surface area contributed by atoms with Gasteiger partial charge in [-0.15, -0.1) is 0 Å². The molecule has 5 nitrogen and oxygen atoms in total. The first kappa shape index (κ1) is 25.1. The van der Waals surface area contributed by atoms with Gasteiger partial charge in [-0.3, -0.25) is 4.84 Å². The summed E-state index contributed by atoms with van der Waals surface area (Å²) in [4.78, 5) is 8.62. The van der Waals surface area contributed by atoms with Gasteiger partial charge in [-0.05, 0) is 87.1 Å². The first-order valence-electron chi connectivity index (χ1n) is 11.9. The van der Waals surface area contributed by atoms with Crippen molar-refractivity contribution in [2.45, 2.75) is 122 Å². The van der Waals surface area contributed by atoms with Crippen molar-refractivity contribution in [3.63, 3.8) is 0 Å². The molecule has 1 saturated carbocycles. The van der Waals surface area contributed by atoms with E-state index in [0.29, 0.717) is 18.2 Å². The molecular weight excluding hydrogens is 364 g/mol. The summed E-state index contributed by atoms with van der Waals surface area (Å²) in [5, 5.41) is 2.19. The molecule has 0 bridgehead atoms. The lowest BCUT2D eigenvalue weighted by atomic mass is 9.85. The number of piperidine rings is 1. The van der Waals surface area contributed by atoms with E-state index in [2.05, 4.69) is 58.6 Å². The van der Waals surface area contributed by atoms with Crippen molar-refractivity contribution in [3.05, 3.63) is 0 Å². The molecule has 1 aliphatic carbocycles. The van der Waals surface area contributed by atoms with E-state index in [0.717, 1.165) is 39.1 Å². The SMILES string of the molecule is CN(C1CCN(OCCCCCCOC(C)(C)C)CC1)C1CC(OC(C)(C)C)C1. The average molecular weight is 413 g/mol. The molecule has 29 heavy (non-hydrogen) atoms. The standard InChI is InChI=1S/C24H48N2O3/c1-23(2,3)27-16-10-8-9-11-17-28-26-14-12-20(13-15-26)25(7)21-18-22(19-21)29-24(4,5)6/h20-22H,8-19H2,1-7H3. The molecule has 0 aromatic carbocycles. The fourth-order valence-electron chi connectivity index (χ4n) is 4.27. The lowest BCUT2D eigenvalue weighted by Gasteiger charge is -2.47. The van der Waals surface area contributed by atoms with Crippen LogP contribution in [0.25, 0.3) is 0 Å². The van der Waals surface area contributed by atoms with Crippen molar-refractivity contribution in [3.8, 4) is 0 Å². The van der Waals surface area contributed by atoms with E-state index in [4.69, 9.17) is 14.3 Å². The van der Waals surface area contributed by atoms with Crippen LogP contribution in [0.1, 0.15) is 92.9 Å². The molecule has 2 fully saturated rings. The molecule has 2 rings (SSSR count). The van der Waals surface area contributed by atoms with Gasteiger partial charge >= 0.3 is 0 Å². The Bertz CT molecular complexity index is 444. The number of unbranched alkanes of at least 4 members (excludes halogenated alkanes) is 3. The van der Waals surface area contributed by atoms with Gasteiger partial charge in [0, 0.05) is 31.8 Å². The van der Waals surface area contributed by atoms with Crippen LogP contribution in [0.3, 0.4) is 0 Å². The third kappa shape index (κ3) is 10.1. The summed E-state index contributed by atoms with van der Waals surface area (Å²) in [5.74, 6) is 0. The van der Waals surface area contributed by atoms with Gasteiger partial charge in [0.2, 0.25) is 0 Å². The predicted octanol–water partition coefficient (Wildman–Crippen LogP) is 5.04. The highest BCUT2D eigenvalue weighted by Crippen LogP contribution is 2.33. The molecule has 0 aromatic heterocycles. The fourth-order valence-corrected chi connectivity index (χ4v) is 4.27. The molecule has 0 amide bonds. The van der Waals surface area contributed by atoms with Crippen LogP contribution in [0.2, 0.25) is 0 Å². The molecule has 5 heteroatoms. The van der Waals surface area contributed by atoms with Gasteiger partial charge in [0.05, 0.1) is 23.9 Å². The molecule has 1 heterocycles. The minimum absolute atomic E-state index is 0.0101. The summed E-state index contributed by atoms with van der Waals surface area (Å²) >= 11 is 0. The Balaban J connectivity index is 1.47. The summed E-state index contributed by atoms with van der Waals surface area (Å²) in [7, 11) is 2.31. The second kappa shape index (κ2) is 11.4. The van der Waals surface area contributed by atoms with E-state index in [1.807, 2.05) is 0 Å². The fraction of sp³-hybridized carbons (Fsp3) is 1.00. The predicted molar refractivity (Wildman–Crippen MR) is 120 cm³/mol. The van der Waals surface area contributed by atoms with Crippen molar-refractivity contribution in [2.75, 3.05) is 33.4 Å². The zero-order valence-electron chi connectivity index (χ0n) is 20.3. The largest absolute Gasteiger partial charge is 0.376 e. The van der Waals surface area contributed by atoms with Crippen LogP contribution in [-0.4, -0.2) is 72.7 Å². The molecule has 0 radical (unpaired) electrons. The van der Waals surface area contributed by atoms with E-state index < -0.39 is 0 Å². The van der Waals surface area contributed by atoms with Crippen LogP contribution in [0.4, 0.5) is 0 Å². The van der Waals surface area contributed by atoms with Crippen LogP contribution in [0.5, 0.6) is 0 Å². The Labute approximate surface area is 180 Å². The van der Waals surface area contributed by atoms with Crippen LogP contribution >= 0.6 is 0 Å². The van der Waals surface area contributed by atoms with Gasteiger partial charge in [0.15, 0.2) is 0 Å². The van der Waals surface area contributed by atoms with Crippen LogP contribution in [0.15, 0.2) is 0 Å². The first-order valence-corrected chi connectivity index (χ1v) is 11.9.